The molecule has 1 aromatic carbocycles. The van der Waals surface area contributed by atoms with Gasteiger partial charge in [-0.15, -0.1) is 10.2 Å². The van der Waals surface area contributed by atoms with Crippen molar-refractivity contribution in [2.45, 2.75) is 11.4 Å². The van der Waals surface area contributed by atoms with E-state index in [1.165, 1.54) is 4.80 Å². The lowest BCUT2D eigenvalue weighted by atomic mass is 10.2. The number of aromatic nitrogens is 4. The maximum absolute atomic E-state index is 12.0. The highest BCUT2D eigenvalue weighted by Crippen LogP contribution is 2.20. The SMILES string of the molecule is Cn1nnc(CNS(=O)(=O)c2ccc(C(=O)O)c(Cl)c2)n1. The van der Waals surface area contributed by atoms with E-state index < -0.39 is 16.0 Å². The van der Waals surface area contributed by atoms with Gasteiger partial charge in [-0.1, -0.05) is 11.6 Å². The predicted molar refractivity (Wildman–Crippen MR) is 71.2 cm³/mol. The molecular formula is C10H10ClN5O4S. The van der Waals surface area contributed by atoms with Crippen LogP contribution in [0.3, 0.4) is 0 Å². The molecule has 1 heterocycles. The maximum atomic E-state index is 12.0. The Labute approximate surface area is 124 Å². The van der Waals surface area contributed by atoms with E-state index in [4.69, 9.17) is 16.7 Å². The first-order chi connectivity index (χ1) is 9.79. The predicted octanol–water partition coefficient (Wildman–Crippen LogP) is 0.0402. The number of nitrogens with one attached hydrogen (secondary N) is 1. The number of tetrazole rings is 1. The summed E-state index contributed by atoms with van der Waals surface area (Å²) in [5.41, 5.74) is -0.175. The minimum Gasteiger partial charge on any atom is -0.478 e. The second-order valence-electron chi connectivity index (χ2n) is 3.97. The highest BCUT2D eigenvalue weighted by molar-refractivity contribution is 7.89. The summed E-state index contributed by atoms with van der Waals surface area (Å²) in [6.07, 6.45) is 0. The average molecular weight is 332 g/mol. The number of carboxylic acid groups (broad SMARTS) is 1. The van der Waals surface area contributed by atoms with E-state index in [1.807, 2.05) is 0 Å². The van der Waals surface area contributed by atoms with E-state index in [1.54, 1.807) is 7.05 Å². The van der Waals surface area contributed by atoms with Gasteiger partial charge >= 0.3 is 5.97 Å². The number of rotatable bonds is 5. The van der Waals surface area contributed by atoms with Crippen molar-refractivity contribution in [2.75, 3.05) is 0 Å². The van der Waals surface area contributed by atoms with Crippen molar-refractivity contribution in [3.05, 3.63) is 34.6 Å². The highest BCUT2D eigenvalue weighted by Gasteiger charge is 2.18. The van der Waals surface area contributed by atoms with Gasteiger partial charge in [-0.2, -0.15) is 4.80 Å². The molecule has 2 N–H and O–H groups in total. The number of hydrogen-bond donors (Lipinski definition) is 2. The largest absolute Gasteiger partial charge is 0.478 e. The van der Waals surface area contributed by atoms with Crippen molar-refractivity contribution in [3.63, 3.8) is 0 Å². The second kappa shape index (κ2) is 5.76. The number of halogens is 1. The summed E-state index contributed by atoms with van der Waals surface area (Å²) in [5.74, 6) is -1.03. The van der Waals surface area contributed by atoms with E-state index in [9.17, 15) is 13.2 Å². The molecule has 0 spiro atoms. The van der Waals surface area contributed by atoms with Gasteiger partial charge in [0.25, 0.3) is 0 Å². The van der Waals surface area contributed by atoms with Crippen LogP contribution in [0.25, 0.3) is 0 Å². The Hall–Kier alpha value is -2.04. The molecule has 0 unspecified atom stereocenters. The molecule has 1 aromatic heterocycles. The number of aryl methyl sites for hydroxylation is 1. The Balaban J connectivity index is 2.19. The standard InChI is InChI=1S/C10H10ClN5O4S/c1-16-14-9(13-15-16)5-12-21(19,20)6-2-3-7(10(17)18)8(11)4-6/h2-4,12H,5H2,1H3,(H,17,18). The first-order valence-corrected chi connectivity index (χ1v) is 7.41. The maximum Gasteiger partial charge on any atom is 0.337 e. The van der Waals surface area contributed by atoms with Crippen LogP contribution >= 0.6 is 11.6 Å². The Bertz CT molecular complexity index is 788. The molecule has 0 fully saturated rings. The topological polar surface area (TPSA) is 127 Å². The van der Waals surface area contributed by atoms with E-state index in [-0.39, 0.29) is 27.9 Å². The van der Waals surface area contributed by atoms with Gasteiger partial charge in [0, 0.05) is 0 Å². The van der Waals surface area contributed by atoms with Crippen LogP contribution < -0.4 is 4.72 Å². The molecule has 0 saturated carbocycles. The molecule has 0 radical (unpaired) electrons. The minimum absolute atomic E-state index is 0.144. The minimum atomic E-state index is -3.86. The van der Waals surface area contributed by atoms with Gasteiger partial charge in [0.2, 0.25) is 10.0 Å². The zero-order valence-corrected chi connectivity index (χ0v) is 12.3. The van der Waals surface area contributed by atoms with E-state index >= 15 is 0 Å². The lowest BCUT2D eigenvalue weighted by Crippen LogP contribution is -2.24. The van der Waals surface area contributed by atoms with Crippen molar-refractivity contribution in [1.29, 1.82) is 0 Å². The zero-order chi connectivity index (χ0) is 15.6. The molecule has 0 atom stereocenters. The third kappa shape index (κ3) is 3.54. The Morgan fingerprint density at radius 1 is 1.48 bits per heavy atom. The molecule has 0 aliphatic rings. The van der Waals surface area contributed by atoms with Crippen LogP contribution in [0.1, 0.15) is 16.2 Å². The average Bonchev–Trinajstić information content (AvgIpc) is 2.82. The summed E-state index contributed by atoms with van der Waals surface area (Å²) < 4.78 is 26.4. The summed E-state index contributed by atoms with van der Waals surface area (Å²) >= 11 is 5.74. The molecule has 0 aliphatic carbocycles. The van der Waals surface area contributed by atoms with Crippen molar-refractivity contribution in [1.82, 2.24) is 24.9 Å². The molecule has 0 aliphatic heterocycles. The van der Waals surface area contributed by atoms with Crippen molar-refractivity contribution >= 4 is 27.6 Å². The normalized spacial score (nSPS) is 11.5. The van der Waals surface area contributed by atoms with Crippen molar-refractivity contribution in [2.24, 2.45) is 7.05 Å². The zero-order valence-electron chi connectivity index (χ0n) is 10.7. The molecule has 112 valence electrons. The van der Waals surface area contributed by atoms with Crippen molar-refractivity contribution in [3.8, 4) is 0 Å². The first-order valence-electron chi connectivity index (χ1n) is 5.55. The van der Waals surface area contributed by atoms with Gasteiger partial charge in [-0.3, -0.25) is 0 Å². The molecule has 11 heteroatoms. The summed E-state index contributed by atoms with van der Waals surface area (Å²) in [7, 11) is -2.31. The summed E-state index contributed by atoms with van der Waals surface area (Å²) in [6, 6.07) is 3.35. The van der Waals surface area contributed by atoms with Crippen LogP contribution in [-0.4, -0.2) is 39.7 Å². The summed E-state index contributed by atoms with van der Waals surface area (Å²) in [5, 5.41) is 19.7. The lowest BCUT2D eigenvalue weighted by molar-refractivity contribution is 0.0697. The molecule has 2 aromatic rings. The van der Waals surface area contributed by atoms with Crippen LogP contribution in [0.15, 0.2) is 23.1 Å². The third-order valence-corrected chi connectivity index (χ3v) is 4.16. The van der Waals surface area contributed by atoms with Crippen LogP contribution in [0.4, 0.5) is 0 Å². The molecule has 0 bridgehead atoms. The lowest BCUT2D eigenvalue weighted by Gasteiger charge is -2.06. The van der Waals surface area contributed by atoms with Gasteiger partial charge in [-0.05, 0) is 23.4 Å². The Kier molecular flexibility index (Phi) is 4.21. The highest BCUT2D eigenvalue weighted by atomic mass is 35.5. The first kappa shape index (κ1) is 15.4. The van der Waals surface area contributed by atoms with E-state index in [2.05, 4.69) is 20.1 Å². The third-order valence-electron chi connectivity index (χ3n) is 2.45. The molecule has 2 rings (SSSR count). The number of carboxylic acids is 1. The number of sulfonamides is 1. The number of carbonyl (C=O) groups is 1. The molecule has 0 amide bonds. The summed E-state index contributed by atoms with van der Waals surface area (Å²) in [6.45, 7) is -0.144. The fraction of sp³-hybridized carbons (Fsp3) is 0.200. The molecule has 21 heavy (non-hydrogen) atoms. The smallest absolute Gasteiger partial charge is 0.337 e. The van der Waals surface area contributed by atoms with Gasteiger partial charge < -0.3 is 5.11 Å². The Morgan fingerprint density at radius 3 is 2.71 bits per heavy atom. The summed E-state index contributed by atoms with van der Waals surface area (Å²) in [4.78, 5) is 11.9. The fourth-order valence-electron chi connectivity index (χ4n) is 1.47. The quantitative estimate of drug-likeness (QED) is 0.791. The van der Waals surface area contributed by atoms with E-state index in [0.29, 0.717) is 0 Å². The number of benzene rings is 1. The van der Waals surface area contributed by atoms with Crippen LogP contribution in [0.2, 0.25) is 5.02 Å². The van der Waals surface area contributed by atoms with Crippen molar-refractivity contribution < 1.29 is 18.3 Å². The second-order valence-corrected chi connectivity index (χ2v) is 6.14. The van der Waals surface area contributed by atoms with Gasteiger partial charge in [0.05, 0.1) is 29.1 Å². The van der Waals surface area contributed by atoms with E-state index in [0.717, 1.165) is 18.2 Å². The monoisotopic (exact) mass is 331 g/mol. The van der Waals surface area contributed by atoms with Crippen LogP contribution in [-0.2, 0) is 23.6 Å². The number of aromatic carboxylic acids is 1. The van der Waals surface area contributed by atoms with Gasteiger partial charge in [0.15, 0.2) is 5.82 Å². The van der Waals surface area contributed by atoms with Crippen LogP contribution in [0.5, 0.6) is 0 Å². The molecule has 9 nitrogen and oxygen atoms in total. The molecular weight excluding hydrogens is 322 g/mol. The number of hydrogen-bond acceptors (Lipinski definition) is 6. The van der Waals surface area contributed by atoms with Gasteiger partial charge in [0.1, 0.15) is 0 Å². The molecule has 0 saturated heterocycles. The van der Waals surface area contributed by atoms with Crippen LogP contribution in [0, 0.1) is 0 Å². The Morgan fingerprint density at radius 2 is 2.19 bits per heavy atom. The van der Waals surface area contributed by atoms with Gasteiger partial charge in [-0.25, -0.2) is 17.9 Å². The number of nitrogens with zero attached hydrogens (tertiary/aromatic N) is 4. The fourth-order valence-corrected chi connectivity index (χ4v) is 2.81.